The topological polar surface area (TPSA) is 46.3 Å². The first kappa shape index (κ1) is 14.5. The van der Waals surface area contributed by atoms with Crippen LogP contribution in [0.3, 0.4) is 0 Å². The monoisotopic (exact) mass is 202 g/mol. The van der Waals surface area contributed by atoms with E-state index in [0.717, 1.165) is 6.08 Å². The van der Waals surface area contributed by atoms with Gasteiger partial charge in [0.25, 0.3) is 0 Å². The van der Waals surface area contributed by atoms with Crippen LogP contribution < -0.4 is 5.73 Å². The van der Waals surface area contributed by atoms with Gasteiger partial charge in [-0.3, -0.25) is 4.79 Å². The molecule has 0 saturated heterocycles. The van der Waals surface area contributed by atoms with Crippen molar-refractivity contribution in [3.8, 4) is 0 Å². The van der Waals surface area contributed by atoms with E-state index in [1.54, 1.807) is 16.6 Å². The van der Waals surface area contributed by atoms with Crippen molar-refractivity contribution in [2.45, 2.75) is 0 Å². The summed E-state index contributed by atoms with van der Waals surface area (Å²) in [6.45, 7) is 11.5. The lowest BCUT2D eigenvalue weighted by Crippen LogP contribution is -2.10. The van der Waals surface area contributed by atoms with E-state index in [9.17, 15) is 4.79 Å². The molecule has 0 saturated carbocycles. The second-order valence-corrected chi connectivity index (χ2v) is 2.49. The predicted molar refractivity (Wildman–Crippen MR) is 57.2 cm³/mol. The van der Waals surface area contributed by atoms with E-state index in [1.807, 2.05) is 0 Å². The van der Waals surface area contributed by atoms with Gasteiger partial charge >= 0.3 is 0 Å². The Balaban J connectivity index is 0. The number of rotatable bonds is 5. The molecule has 0 aliphatic heterocycles. The van der Waals surface area contributed by atoms with Gasteiger partial charge in [-0.1, -0.05) is 18.7 Å². The zero-order valence-electron chi connectivity index (χ0n) is 7.58. The van der Waals surface area contributed by atoms with Gasteiger partial charge in [-0.25, -0.2) is 4.42 Å². The van der Waals surface area contributed by atoms with Crippen molar-refractivity contribution in [2.24, 2.45) is 5.73 Å². The summed E-state index contributed by atoms with van der Waals surface area (Å²) >= 11 is 5.57. The molecular formula is C9H15ClN2O. The fraction of sp³-hybridized carbons (Fsp3) is 0.222. The lowest BCUT2D eigenvalue weighted by Gasteiger charge is -2.04. The number of nitrogens with zero attached hydrogens (tertiary/aromatic N) is 1. The van der Waals surface area contributed by atoms with Gasteiger partial charge in [-0.15, -0.1) is 13.2 Å². The molecule has 4 heteroatoms. The van der Waals surface area contributed by atoms with Crippen molar-refractivity contribution >= 4 is 17.7 Å². The summed E-state index contributed by atoms with van der Waals surface area (Å²) < 4.78 is 1.60. The number of hydrogen-bond donors (Lipinski definition) is 1. The third-order valence-corrected chi connectivity index (χ3v) is 1.13. The molecular weight excluding hydrogens is 188 g/mol. The Morgan fingerprint density at radius 1 is 1.31 bits per heavy atom. The molecule has 0 aromatic rings. The van der Waals surface area contributed by atoms with Crippen LogP contribution in [0.5, 0.6) is 0 Å². The largest absolute Gasteiger partial charge is 0.366 e. The van der Waals surface area contributed by atoms with Gasteiger partial charge in [0.2, 0.25) is 5.91 Å². The summed E-state index contributed by atoms with van der Waals surface area (Å²) in [5.41, 5.74) is 4.53. The number of primary amides is 1. The van der Waals surface area contributed by atoms with Crippen molar-refractivity contribution < 1.29 is 4.79 Å². The van der Waals surface area contributed by atoms with E-state index >= 15 is 0 Å². The Bertz CT molecular complexity index is 170. The van der Waals surface area contributed by atoms with Gasteiger partial charge in [0, 0.05) is 13.1 Å². The zero-order valence-corrected chi connectivity index (χ0v) is 8.33. The van der Waals surface area contributed by atoms with Gasteiger partial charge in [0.1, 0.15) is 0 Å². The summed E-state index contributed by atoms with van der Waals surface area (Å²) in [7, 11) is 0. The quantitative estimate of drug-likeness (QED) is 0.417. The Morgan fingerprint density at radius 2 is 1.62 bits per heavy atom. The summed E-state index contributed by atoms with van der Waals surface area (Å²) in [5, 5.41) is 0. The molecule has 74 valence electrons. The SMILES string of the molecule is C=CC(N)=O.C=CCN(Cl)CC=C. The molecule has 0 bridgehead atoms. The molecule has 0 heterocycles. The van der Waals surface area contributed by atoms with Crippen LogP contribution in [0.1, 0.15) is 0 Å². The first-order valence-electron chi connectivity index (χ1n) is 3.62. The van der Waals surface area contributed by atoms with Gasteiger partial charge < -0.3 is 5.73 Å². The second-order valence-electron chi connectivity index (χ2n) is 2.01. The minimum Gasteiger partial charge on any atom is -0.366 e. The molecule has 13 heavy (non-hydrogen) atoms. The first-order valence-corrected chi connectivity index (χ1v) is 3.96. The number of halogens is 1. The number of carbonyl (C=O) groups is 1. The summed E-state index contributed by atoms with van der Waals surface area (Å²) in [6, 6.07) is 0. The number of carbonyl (C=O) groups excluding carboxylic acids is 1. The Labute approximate surface area is 84.3 Å². The molecule has 3 nitrogen and oxygen atoms in total. The van der Waals surface area contributed by atoms with Crippen molar-refractivity contribution in [2.75, 3.05) is 13.1 Å². The number of hydrogen-bond acceptors (Lipinski definition) is 2. The summed E-state index contributed by atoms with van der Waals surface area (Å²) in [5.74, 6) is -0.481. The van der Waals surface area contributed by atoms with Crippen LogP contribution in [0.4, 0.5) is 0 Å². The molecule has 1 amide bonds. The van der Waals surface area contributed by atoms with Crippen LogP contribution >= 0.6 is 11.8 Å². The molecule has 0 aliphatic carbocycles. The fourth-order valence-electron chi connectivity index (χ4n) is 0.355. The van der Waals surface area contributed by atoms with Crippen molar-refractivity contribution in [1.29, 1.82) is 0 Å². The highest BCUT2D eigenvalue weighted by molar-refractivity contribution is 6.13. The lowest BCUT2D eigenvalue weighted by molar-refractivity contribution is -0.113. The van der Waals surface area contributed by atoms with Crippen LogP contribution in [0, 0.1) is 0 Å². The maximum absolute atomic E-state index is 9.47. The van der Waals surface area contributed by atoms with Gasteiger partial charge in [-0.05, 0) is 17.9 Å². The van der Waals surface area contributed by atoms with Gasteiger partial charge in [0.15, 0.2) is 0 Å². The van der Waals surface area contributed by atoms with Gasteiger partial charge in [0.05, 0.1) is 0 Å². The molecule has 2 N–H and O–H groups in total. The molecule has 0 unspecified atom stereocenters. The molecule has 0 radical (unpaired) electrons. The molecule has 0 fully saturated rings. The van der Waals surface area contributed by atoms with Crippen molar-refractivity contribution in [3.05, 3.63) is 38.0 Å². The molecule has 0 aliphatic rings. The fourth-order valence-corrected chi connectivity index (χ4v) is 0.550. The Hall–Kier alpha value is -1.06. The van der Waals surface area contributed by atoms with Crippen molar-refractivity contribution in [3.63, 3.8) is 0 Å². The minimum absolute atomic E-state index is 0.481. The van der Waals surface area contributed by atoms with E-state index in [1.165, 1.54) is 0 Å². The second kappa shape index (κ2) is 10.9. The van der Waals surface area contributed by atoms with E-state index in [-0.39, 0.29) is 0 Å². The smallest absolute Gasteiger partial charge is 0.240 e. The molecule has 0 aromatic carbocycles. The third kappa shape index (κ3) is 18.2. The molecule has 0 aromatic heterocycles. The maximum atomic E-state index is 9.47. The molecule has 0 rings (SSSR count). The predicted octanol–water partition coefficient (Wildman–Crippen LogP) is 1.47. The van der Waals surface area contributed by atoms with E-state index in [2.05, 4.69) is 25.5 Å². The third-order valence-electron chi connectivity index (χ3n) is 0.856. The van der Waals surface area contributed by atoms with Crippen LogP contribution in [0.25, 0.3) is 0 Å². The number of nitrogens with two attached hydrogens (primary N) is 1. The standard InChI is InChI=1S/C6H10ClN.C3H5NO/c1-3-5-8(7)6-4-2;1-2-3(4)5/h3-4H,1-2,5-6H2;2H,1H2,(H2,4,5). The zero-order chi connectivity index (χ0) is 10.7. The van der Waals surface area contributed by atoms with Gasteiger partial charge in [-0.2, -0.15) is 0 Å². The van der Waals surface area contributed by atoms with Crippen LogP contribution in [0.15, 0.2) is 38.0 Å². The summed E-state index contributed by atoms with van der Waals surface area (Å²) in [6.07, 6.45) is 4.55. The lowest BCUT2D eigenvalue weighted by atomic mass is 10.5. The highest BCUT2D eigenvalue weighted by Crippen LogP contribution is 1.91. The average molecular weight is 203 g/mol. The maximum Gasteiger partial charge on any atom is 0.240 e. The molecule has 0 atom stereocenters. The normalized spacial score (nSPS) is 8.15. The highest BCUT2D eigenvalue weighted by Gasteiger charge is 1.89. The van der Waals surface area contributed by atoms with E-state index < -0.39 is 5.91 Å². The number of amides is 1. The van der Waals surface area contributed by atoms with Crippen LogP contribution in [0.2, 0.25) is 0 Å². The Kier molecular flexibility index (Phi) is 12.2. The average Bonchev–Trinajstić information content (AvgIpc) is 2.06. The minimum atomic E-state index is -0.481. The highest BCUT2D eigenvalue weighted by atomic mass is 35.5. The summed E-state index contributed by atoms with van der Waals surface area (Å²) in [4.78, 5) is 9.47. The van der Waals surface area contributed by atoms with Crippen LogP contribution in [-0.4, -0.2) is 23.4 Å². The van der Waals surface area contributed by atoms with Crippen LogP contribution in [-0.2, 0) is 4.79 Å². The Morgan fingerprint density at radius 3 is 1.77 bits per heavy atom. The van der Waals surface area contributed by atoms with E-state index in [0.29, 0.717) is 13.1 Å². The van der Waals surface area contributed by atoms with E-state index in [4.69, 9.17) is 11.8 Å². The van der Waals surface area contributed by atoms with Crippen molar-refractivity contribution in [1.82, 2.24) is 4.42 Å². The first-order chi connectivity index (χ1) is 6.08. The molecule has 0 spiro atoms.